The molecule has 0 heterocycles. The maximum atomic E-state index is 10.1. The molecule has 0 aliphatic carbocycles. The van der Waals surface area contributed by atoms with Gasteiger partial charge in [-0.15, -0.1) is 0 Å². The van der Waals surface area contributed by atoms with Crippen molar-refractivity contribution in [2.24, 2.45) is 0 Å². The lowest BCUT2D eigenvalue weighted by atomic mass is 10.2. The molecule has 2 aromatic carbocycles. The molecule has 0 radical (unpaired) electrons. The maximum Gasteiger partial charge on any atom is 0.0757 e. The summed E-state index contributed by atoms with van der Waals surface area (Å²) in [6.07, 6.45) is -0.285. The van der Waals surface area contributed by atoms with Gasteiger partial charge < -0.3 is 5.11 Å². The number of thioether (sulfide) groups is 1. The molecule has 0 aromatic heterocycles. The highest BCUT2D eigenvalue weighted by molar-refractivity contribution is 7.98. The monoisotopic (exact) mass is 301 g/mol. The summed E-state index contributed by atoms with van der Waals surface area (Å²) >= 11 is 1.79. The van der Waals surface area contributed by atoms with E-state index in [1.165, 1.54) is 11.1 Å². The Bertz CT molecular complexity index is 503. The van der Waals surface area contributed by atoms with Gasteiger partial charge in [0.2, 0.25) is 0 Å². The quantitative estimate of drug-likeness (QED) is 0.808. The van der Waals surface area contributed by atoms with Gasteiger partial charge in [-0.25, -0.2) is 0 Å². The predicted octanol–water partition coefficient (Wildman–Crippen LogP) is 3.41. The minimum atomic E-state index is -0.285. The number of hydrogen-bond acceptors (Lipinski definition) is 3. The molecule has 2 aromatic rings. The zero-order valence-electron chi connectivity index (χ0n) is 12.5. The van der Waals surface area contributed by atoms with E-state index in [4.69, 9.17) is 0 Å². The second-order valence-electron chi connectivity index (χ2n) is 5.34. The first-order valence-corrected chi connectivity index (χ1v) is 8.41. The fourth-order valence-corrected chi connectivity index (χ4v) is 3.18. The summed E-state index contributed by atoms with van der Waals surface area (Å²) < 4.78 is 0. The molecule has 0 saturated carbocycles. The molecule has 0 bridgehead atoms. The van der Waals surface area contributed by atoms with Crippen LogP contribution in [0.25, 0.3) is 0 Å². The molecular weight excluding hydrogens is 278 g/mol. The molecule has 1 atom stereocenters. The first-order chi connectivity index (χ1) is 10.2. The van der Waals surface area contributed by atoms with Crippen LogP contribution in [-0.2, 0) is 12.3 Å². The van der Waals surface area contributed by atoms with Gasteiger partial charge in [0.1, 0.15) is 0 Å². The highest BCUT2D eigenvalue weighted by atomic mass is 32.2. The highest BCUT2D eigenvalue weighted by Crippen LogP contribution is 2.13. The minimum Gasteiger partial charge on any atom is -0.391 e. The zero-order chi connectivity index (χ0) is 14.9. The second kappa shape index (κ2) is 8.88. The van der Waals surface area contributed by atoms with Gasteiger partial charge >= 0.3 is 0 Å². The van der Waals surface area contributed by atoms with Gasteiger partial charge in [-0.3, -0.25) is 4.90 Å². The summed E-state index contributed by atoms with van der Waals surface area (Å²) in [6, 6.07) is 20.8. The van der Waals surface area contributed by atoms with Gasteiger partial charge in [0.15, 0.2) is 0 Å². The molecular formula is C18H23NOS. The van der Waals surface area contributed by atoms with Crippen LogP contribution in [0.15, 0.2) is 60.7 Å². The lowest BCUT2D eigenvalue weighted by molar-refractivity contribution is 0.142. The normalized spacial score (nSPS) is 12.5. The number of nitrogens with zero attached hydrogens (tertiary/aromatic N) is 1. The van der Waals surface area contributed by atoms with Crippen molar-refractivity contribution in [3.8, 4) is 0 Å². The topological polar surface area (TPSA) is 23.5 Å². The van der Waals surface area contributed by atoms with Gasteiger partial charge in [-0.1, -0.05) is 60.7 Å². The first kappa shape index (κ1) is 16.1. The molecule has 0 aliphatic rings. The molecule has 1 N–H and O–H groups in total. The molecule has 0 aliphatic heterocycles. The number of rotatable bonds is 8. The van der Waals surface area contributed by atoms with Gasteiger partial charge in [0.25, 0.3) is 0 Å². The largest absolute Gasteiger partial charge is 0.391 e. The van der Waals surface area contributed by atoms with Crippen molar-refractivity contribution in [3.63, 3.8) is 0 Å². The van der Waals surface area contributed by atoms with E-state index < -0.39 is 0 Å². The van der Waals surface area contributed by atoms with Crippen LogP contribution in [0.4, 0.5) is 0 Å². The van der Waals surface area contributed by atoms with Crippen LogP contribution in [0.5, 0.6) is 0 Å². The summed E-state index contributed by atoms with van der Waals surface area (Å²) in [5, 5.41) is 10.1. The van der Waals surface area contributed by atoms with E-state index in [0.29, 0.717) is 6.54 Å². The predicted molar refractivity (Wildman–Crippen MR) is 91.4 cm³/mol. The van der Waals surface area contributed by atoms with E-state index in [1.807, 2.05) is 12.1 Å². The third kappa shape index (κ3) is 6.34. The van der Waals surface area contributed by atoms with Crippen LogP contribution in [0.3, 0.4) is 0 Å². The zero-order valence-corrected chi connectivity index (χ0v) is 13.3. The lowest BCUT2D eigenvalue weighted by Gasteiger charge is -2.20. The smallest absolute Gasteiger partial charge is 0.0757 e. The molecule has 0 amide bonds. The molecule has 3 heteroatoms. The SMILES string of the molecule is CN(Cc1ccccc1)C[C@@H](O)CSCc1ccccc1. The fourth-order valence-electron chi connectivity index (χ4n) is 2.26. The van der Waals surface area contributed by atoms with Gasteiger partial charge in [-0.05, 0) is 18.2 Å². The van der Waals surface area contributed by atoms with Crippen molar-refractivity contribution in [1.82, 2.24) is 4.90 Å². The summed E-state index contributed by atoms with van der Waals surface area (Å²) in [5.74, 6) is 1.73. The Morgan fingerprint density at radius 2 is 1.52 bits per heavy atom. The fraction of sp³-hybridized carbons (Fsp3) is 0.333. The van der Waals surface area contributed by atoms with E-state index in [9.17, 15) is 5.11 Å². The van der Waals surface area contributed by atoms with E-state index in [0.717, 1.165) is 18.1 Å². The number of aliphatic hydroxyl groups excluding tert-OH is 1. The molecule has 0 unspecified atom stereocenters. The lowest BCUT2D eigenvalue weighted by Crippen LogP contribution is -2.30. The van der Waals surface area contributed by atoms with Crippen LogP contribution in [-0.4, -0.2) is 35.5 Å². The molecule has 0 saturated heterocycles. The highest BCUT2D eigenvalue weighted by Gasteiger charge is 2.08. The van der Waals surface area contributed by atoms with Crippen molar-refractivity contribution >= 4 is 11.8 Å². The Hall–Kier alpha value is -1.29. The number of likely N-dealkylation sites (N-methyl/N-ethyl adjacent to an activating group) is 1. The number of aliphatic hydroxyl groups is 1. The number of benzene rings is 2. The van der Waals surface area contributed by atoms with Crippen LogP contribution in [0, 0.1) is 0 Å². The van der Waals surface area contributed by atoms with Crippen molar-refractivity contribution in [3.05, 3.63) is 71.8 Å². The Kier molecular flexibility index (Phi) is 6.80. The number of hydrogen-bond donors (Lipinski definition) is 1. The van der Waals surface area contributed by atoms with Gasteiger partial charge in [0.05, 0.1) is 6.10 Å². The Morgan fingerprint density at radius 3 is 2.14 bits per heavy atom. The summed E-state index contributed by atoms with van der Waals surface area (Å²) in [7, 11) is 2.05. The summed E-state index contributed by atoms with van der Waals surface area (Å²) in [5.41, 5.74) is 2.59. The van der Waals surface area contributed by atoms with Crippen LogP contribution in [0.2, 0.25) is 0 Å². The van der Waals surface area contributed by atoms with E-state index in [2.05, 4.69) is 60.5 Å². The molecule has 0 spiro atoms. The average Bonchev–Trinajstić information content (AvgIpc) is 2.49. The molecule has 21 heavy (non-hydrogen) atoms. The van der Waals surface area contributed by atoms with E-state index in [-0.39, 0.29) is 6.10 Å². The summed E-state index contributed by atoms with van der Waals surface area (Å²) in [4.78, 5) is 2.17. The van der Waals surface area contributed by atoms with E-state index in [1.54, 1.807) is 11.8 Å². The van der Waals surface area contributed by atoms with Crippen LogP contribution in [0.1, 0.15) is 11.1 Å². The van der Waals surface area contributed by atoms with Crippen LogP contribution >= 0.6 is 11.8 Å². The van der Waals surface area contributed by atoms with Crippen molar-refractivity contribution in [1.29, 1.82) is 0 Å². The van der Waals surface area contributed by atoms with Gasteiger partial charge in [-0.2, -0.15) is 11.8 Å². The van der Waals surface area contributed by atoms with Crippen molar-refractivity contribution in [2.75, 3.05) is 19.3 Å². The minimum absolute atomic E-state index is 0.285. The first-order valence-electron chi connectivity index (χ1n) is 7.26. The standard InChI is InChI=1S/C18H23NOS/c1-19(12-16-8-4-2-5-9-16)13-18(20)15-21-14-17-10-6-3-7-11-17/h2-11,18,20H,12-15H2,1H3/t18-/m1/s1. The van der Waals surface area contributed by atoms with Crippen molar-refractivity contribution in [2.45, 2.75) is 18.4 Å². The Balaban J connectivity index is 1.66. The molecule has 0 fully saturated rings. The van der Waals surface area contributed by atoms with E-state index >= 15 is 0 Å². The third-order valence-electron chi connectivity index (χ3n) is 3.24. The molecule has 2 nitrogen and oxygen atoms in total. The second-order valence-corrected chi connectivity index (χ2v) is 6.37. The average molecular weight is 301 g/mol. The van der Waals surface area contributed by atoms with Crippen molar-refractivity contribution < 1.29 is 5.11 Å². The molecule has 2 rings (SSSR count). The van der Waals surface area contributed by atoms with Gasteiger partial charge in [0, 0.05) is 24.6 Å². The third-order valence-corrected chi connectivity index (χ3v) is 4.40. The molecule has 112 valence electrons. The Morgan fingerprint density at radius 1 is 0.952 bits per heavy atom. The summed E-state index contributed by atoms with van der Waals surface area (Å²) in [6.45, 7) is 1.58. The van der Waals surface area contributed by atoms with Crippen LogP contribution < -0.4 is 0 Å². The maximum absolute atomic E-state index is 10.1. The Labute approximate surface area is 131 Å².